The molecule has 0 aromatic carbocycles. The van der Waals surface area contributed by atoms with Crippen LogP contribution in [-0.2, 0) is 12.8 Å². The van der Waals surface area contributed by atoms with Crippen LogP contribution >= 0.6 is 11.3 Å². The Labute approximate surface area is 138 Å². The van der Waals surface area contributed by atoms with Gasteiger partial charge in [0.25, 0.3) is 0 Å². The second-order valence-corrected chi connectivity index (χ2v) is 6.86. The minimum atomic E-state index is -0.221. The lowest BCUT2D eigenvalue weighted by Gasteiger charge is -2.18. The van der Waals surface area contributed by atoms with Crippen LogP contribution in [0.3, 0.4) is 0 Å². The van der Waals surface area contributed by atoms with Crippen molar-refractivity contribution in [1.29, 1.82) is 0 Å². The summed E-state index contributed by atoms with van der Waals surface area (Å²) in [7, 11) is 0. The van der Waals surface area contributed by atoms with Gasteiger partial charge < -0.3 is 10.4 Å². The van der Waals surface area contributed by atoms with E-state index in [1.54, 1.807) is 30.1 Å². The summed E-state index contributed by atoms with van der Waals surface area (Å²) < 4.78 is 0. The summed E-state index contributed by atoms with van der Waals surface area (Å²) in [5.41, 5.74) is 2.34. The maximum absolute atomic E-state index is 9.77. The topological polar surface area (TPSA) is 70.9 Å². The molecule has 6 heteroatoms. The van der Waals surface area contributed by atoms with E-state index in [1.807, 2.05) is 12.1 Å². The summed E-state index contributed by atoms with van der Waals surface area (Å²) in [6.07, 6.45) is 9.82. The first-order chi connectivity index (χ1) is 11.4. The molecule has 3 heterocycles. The van der Waals surface area contributed by atoms with E-state index in [1.165, 1.54) is 23.3 Å². The minimum absolute atomic E-state index is 0.0104. The van der Waals surface area contributed by atoms with E-state index in [0.717, 1.165) is 34.4 Å². The molecule has 4 rings (SSSR count). The average Bonchev–Trinajstić information content (AvgIpc) is 2.99. The maximum atomic E-state index is 9.77. The monoisotopic (exact) mass is 326 g/mol. The number of hydrogen-bond acceptors (Lipinski definition) is 6. The number of aliphatic hydroxyl groups excluding tert-OH is 1. The number of thiophene rings is 1. The lowest BCUT2D eigenvalue weighted by molar-refractivity contribution is 0.276. The highest BCUT2D eigenvalue weighted by molar-refractivity contribution is 7.19. The van der Waals surface area contributed by atoms with Crippen molar-refractivity contribution in [3.63, 3.8) is 0 Å². The molecule has 1 aliphatic rings. The van der Waals surface area contributed by atoms with Crippen molar-refractivity contribution >= 4 is 27.4 Å². The van der Waals surface area contributed by atoms with E-state index >= 15 is 0 Å². The summed E-state index contributed by atoms with van der Waals surface area (Å²) in [6, 6.07) is 3.62. The van der Waals surface area contributed by atoms with Crippen LogP contribution in [0.15, 0.2) is 30.9 Å². The number of anilines is 1. The Morgan fingerprint density at radius 2 is 2.17 bits per heavy atom. The number of hydrogen-bond donors (Lipinski definition) is 2. The van der Waals surface area contributed by atoms with Crippen LogP contribution in [0, 0.1) is 0 Å². The van der Waals surface area contributed by atoms with Crippen molar-refractivity contribution in [2.75, 3.05) is 11.9 Å². The van der Waals surface area contributed by atoms with Crippen LogP contribution in [0.4, 0.5) is 5.82 Å². The Kier molecular flexibility index (Phi) is 3.93. The molecule has 2 N–H and O–H groups in total. The van der Waals surface area contributed by atoms with Crippen LogP contribution < -0.4 is 5.32 Å². The van der Waals surface area contributed by atoms with Crippen molar-refractivity contribution in [1.82, 2.24) is 15.0 Å². The molecule has 1 atom stereocenters. The van der Waals surface area contributed by atoms with E-state index in [0.29, 0.717) is 0 Å². The standard InChI is InChI=1S/C17H18N4OS/c22-9-13(11-4-3-7-18-8-11)21-16-15-12-5-1-2-6-14(12)23-17(15)20-10-19-16/h3-4,7-8,10,13,22H,1-2,5-6,9H2,(H,19,20,21). The highest BCUT2D eigenvalue weighted by Crippen LogP contribution is 2.38. The molecule has 0 saturated carbocycles. The van der Waals surface area contributed by atoms with E-state index in [-0.39, 0.29) is 12.6 Å². The highest BCUT2D eigenvalue weighted by atomic mass is 32.1. The zero-order valence-electron chi connectivity index (χ0n) is 12.7. The molecule has 3 aromatic heterocycles. The normalized spacial score (nSPS) is 15.3. The molecule has 0 spiro atoms. The maximum Gasteiger partial charge on any atom is 0.139 e. The minimum Gasteiger partial charge on any atom is -0.394 e. The molecule has 23 heavy (non-hydrogen) atoms. The van der Waals surface area contributed by atoms with Gasteiger partial charge in [0, 0.05) is 17.3 Å². The molecular formula is C17H18N4OS. The fourth-order valence-electron chi connectivity index (χ4n) is 3.18. The predicted octanol–water partition coefficient (Wildman–Crippen LogP) is 3.11. The van der Waals surface area contributed by atoms with E-state index in [4.69, 9.17) is 0 Å². The van der Waals surface area contributed by atoms with Gasteiger partial charge in [0.15, 0.2) is 0 Å². The molecule has 1 unspecified atom stereocenters. The SMILES string of the molecule is OCC(Nc1ncnc2sc3c(c12)CCCC3)c1cccnc1. The summed E-state index contributed by atoms with van der Waals surface area (Å²) in [6.45, 7) is -0.0104. The van der Waals surface area contributed by atoms with Crippen molar-refractivity contribution in [3.8, 4) is 0 Å². The van der Waals surface area contributed by atoms with E-state index < -0.39 is 0 Å². The lowest BCUT2D eigenvalue weighted by Crippen LogP contribution is -2.16. The quantitative estimate of drug-likeness (QED) is 0.771. The Hall–Kier alpha value is -2.05. The Balaban J connectivity index is 1.75. The Morgan fingerprint density at radius 3 is 3.00 bits per heavy atom. The third-order valence-electron chi connectivity index (χ3n) is 4.33. The van der Waals surface area contributed by atoms with Gasteiger partial charge >= 0.3 is 0 Å². The zero-order chi connectivity index (χ0) is 15.6. The molecule has 118 valence electrons. The largest absolute Gasteiger partial charge is 0.394 e. The van der Waals surface area contributed by atoms with Gasteiger partial charge in [-0.25, -0.2) is 9.97 Å². The predicted molar refractivity (Wildman–Crippen MR) is 91.7 cm³/mol. The molecule has 0 aliphatic heterocycles. The van der Waals surface area contributed by atoms with Crippen LogP contribution in [0.25, 0.3) is 10.2 Å². The van der Waals surface area contributed by atoms with Crippen LogP contribution in [0.1, 0.15) is 34.9 Å². The molecule has 0 amide bonds. The first-order valence-electron chi connectivity index (χ1n) is 7.89. The molecule has 0 fully saturated rings. The first kappa shape index (κ1) is 14.5. The van der Waals surface area contributed by atoms with Gasteiger partial charge in [0.05, 0.1) is 18.0 Å². The Bertz CT molecular complexity index is 818. The van der Waals surface area contributed by atoms with Gasteiger partial charge in [-0.15, -0.1) is 11.3 Å². The molecule has 0 bridgehead atoms. The molecule has 0 radical (unpaired) electrons. The number of fused-ring (bicyclic) bond motifs is 3. The van der Waals surface area contributed by atoms with Gasteiger partial charge in [-0.3, -0.25) is 4.98 Å². The first-order valence-corrected chi connectivity index (χ1v) is 8.71. The van der Waals surface area contributed by atoms with Gasteiger partial charge in [0.1, 0.15) is 17.0 Å². The number of pyridine rings is 1. The summed E-state index contributed by atoms with van der Waals surface area (Å²) in [5.74, 6) is 0.817. The van der Waals surface area contributed by atoms with Crippen LogP contribution in [0.2, 0.25) is 0 Å². The van der Waals surface area contributed by atoms with Crippen molar-refractivity contribution in [2.24, 2.45) is 0 Å². The molecule has 1 aliphatic carbocycles. The lowest BCUT2D eigenvalue weighted by atomic mass is 9.97. The van der Waals surface area contributed by atoms with E-state index in [9.17, 15) is 5.11 Å². The summed E-state index contributed by atoms with van der Waals surface area (Å²) >= 11 is 1.78. The van der Waals surface area contributed by atoms with Gasteiger partial charge in [0.2, 0.25) is 0 Å². The smallest absolute Gasteiger partial charge is 0.139 e. The molecule has 3 aromatic rings. The van der Waals surface area contributed by atoms with Crippen molar-refractivity contribution in [2.45, 2.75) is 31.7 Å². The Morgan fingerprint density at radius 1 is 1.26 bits per heavy atom. The zero-order valence-corrected chi connectivity index (χ0v) is 13.5. The van der Waals surface area contributed by atoms with Crippen LogP contribution in [0.5, 0.6) is 0 Å². The highest BCUT2D eigenvalue weighted by Gasteiger charge is 2.21. The molecule has 5 nitrogen and oxygen atoms in total. The van der Waals surface area contributed by atoms with Gasteiger partial charge in [-0.05, 0) is 42.9 Å². The second kappa shape index (κ2) is 6.22. The number of aromatic nitrogens is 3. The number of nitrogens with zero attached hydrogens (tertiary/aromatic N) is 3. The fraction of sp³-hybridized carbons (Fsp3) is 0.353. The summed E-state index contributed by atoms with van der Waals surface area (Å²) in [4.78, 5) is 15.5. The van der Waals surface area contributed by atoms with E-state index in [2.05, 4.69) is 20.3 Å². The molecular weight excluding hydrogens is 308 g/mol. The van der Waals surface area contributed by atoms with Gasteiger partial charge in [-0.1, -0.05) is 6.07 Å². The summed E-state index contributed by atoms with van der Waals surface area (Å²) in [5, 5.41) is 14.3. The van der Waals surface area contributed by atoms with Crippen LogP contribution in [-0.4, -0.2) is 26.7 Å². The molecule has 0 saturated heterocycles. The second-order valence-electron chi connectivity index (χ2n) is 5.78. The third-order valence-corrected chi connectivity index (χ3v) is 5.53. The number of aliphatic hydroxyl groups is 1. The van der Waals surface area contributed by atoms with Gasteiger partial charge in [-0.2, -0.15) is 0 Å². The number of aryl methyl sites for hydroxylation is 2. The third kappa shape index (κ3) is 2.68. The average molecular weight is 326 g/mol. The van der Waals surface area contributed by atoms with Crippen molar-refractivity contribution in [3.05, 3.63) is 46.9 Å². The number of rotatable bonds is 4. The number of nitrogens with one attached hydrogen (secondary N) is 1. The van der Waals surface area contributed by atoms with Crippen molar-refractivity contribution < 1.29 is 5.11 Å². The fourth-order valence-corrected chi connectivity index (χ4v) is 4.41.